The molecule has 4 fully saturated rings. The quantitative estimate of drug-likeness (QED) is 0.0346. The standard InChI is InChI=1S/C31H40O7.C17H24O3.C14H18O5.4CH4/c1-5-31(17-34-18-31)19-35-20-36-25-11-7-23(8-12-25)29(32)37-26-13-9-24(10-14-26)30(33)38-28-16-22(4)6-15-27(28)21(2)3;1-11(2)15-9-4-12(3)10-16(15)20-17(19)13-5-7-14(18)8-6-13;1-2-14(7-17-8-14)9-18-10-19-12-5-3-11(4-6-12)13(15)16;;;;/h7-14,21-22,27-28H,5-6,15-20H2,1-4H3;5-8,11-12,15-16,18H,4,9-10H2,1-3H3;3-6H,2,7-10H2,1H3,(H,15,16);4*1H4. The Morgan fingerprint density at radius 1 is 0.519 bits per heavy atom. The van der Waals surface area contributed by atoms with E-state index in [9.17, 15) is 24.3 Å². The van der Waals surface area contributed by atoms with E-state index in [-0.39, 0.29) is 89.6 Å². The first-order chi connectivity index (χ1) is 36.9. The molecule has 0 spiro atoms. The van der Waals surface area contributed by atoms with E-state index in [2.05, 4.69) is 55.4 Å². The lowest BCUT2D eigenvalue weighted by atomic mass is 9.75. The minimum atomic E-state index is -0.947. The number of esters is 3. The highest BCUT2D eigenvalue weighted by molar-refractivity contribution is 5.92. The maximum atomic E-state index is 12.8. The molecule has 81 heavy (non-hydrogen) atoms. The number of carbonyl (C=O) groups is 4. The molecule has 2 N–H and O–H groups in total. The molecule has 452 valence electrons. The van der Waals surface area contributed by atoms with Crippen LogP contribution < -0.4 is 14.2 Å². The van der Waals surface area contributed by atoms with E-state index in [1.54, 1.807) is 72.8 Å². The van der Waals surface area contributed by atoms with Crippen LogP contribution in [-0.4, -0.2) is 99.5 Å². The summed E-state index contributed by atoms with van der Waals surface area (Å²) < 4.78 is 49.8. The Kier molecular flexibility index (Phi) is 30.2. The van der Waals surface area contributed by atoms with Gasteiger partial charge in [-0.05, 0) is 171 Å². The van der Waals surface area contributed by atoms with Crippen molar-refractivity contribution in [3.8, 4) is 23.0 Å². The fraction of sp³-hybridized carbons (Fsp3) is 0.576. The number of phenols is 1. The van der Waals surface area contributed by atoms with Crippen molar-refractivity contribution in [1.82, 2.24) is 0 Å². The number of carbonyl (C=O) groups excluding carboxylic acids is 3. The van der Waals surface area contributed by atoms with E-state index in [1.807, 2.05) is 0 Å². The average Bonchev–Trinajstić information content (AvgIpc) is 3.38. The Morgan fingerprint density at radius 2 is 0.864 bits per heavy atom. The lowest BCUT2D eigenvalue weighted by Gasteiger charge is -2.40. The molecule has 0 radical (unpaired) electrons. The third kappa shape index (κ3) is 21.4. The van der Waals surface area contributed by atoms with E-state index in [1.165, 1.54) is 37.1 Å². The van der Waals surface area contributed by atoms with Gasteiger partial charge in [-0.3, -0.25) is 0 Å². The number of benzene rings is 4. The van der Waals surface area contributed by atoms with Crippen LogP contribution in [0.1, 0.15) is 178 Å². The Labute approximate surface area is 484 Å². The summed E-state index contributed by atoms with van der Waals surface area (Å²) in [5.74, 6) is 2.66. The van der Waals surface area contributed by atoms with Gasteiger partial charge in [-0.15, -0.1) is 0 Å². The molecule has 4 aromatic rings. The molecule has 15 heteroatoms. The normalized spacial score (nSPS) is 21.0. The molecule has 2 saturated heterocycles. The Bertz CT molecular complexity index is 2430. The van der Waals surface area contributed by atoms with Crippen LogP contribution in [0.25, 0.3) is 0 Å². The Hall–Kier alpha value is -6.00. The van der Waals surface area contributed by atoms with Gasteiger partial charge in [0.1, 0.15) is 35.2 Å². The zero-order valence-electron chi connectivity index (χ0n) is 46.4. The molecule has 4 aliphatic rings. The molecule has 6 unspecified atom stereocenters. The monoisotopic (exact) mass is 1130 g/mol. The van der Waals surface area contributed by atoms with Crippen molar-refractivity contribution in [2.75, 3.05) is 53.2 Å². The smallest absolute Gasteiger partial charge is 0.343 e. The van der Waals surface area contributed by atoms with Crippen molar-refractivity contribution in [2.24, 2.45) is 46.3 Å². The molecular weight excluding hydrogens is 1030 g/mol. The van der Waals surface area contributed by atoms with Gasteiger partial charge in [0.2, 0.25) is 0 Å². The lowest BCUT2D eigenvalue weighted by Crippen LogP contribution is -2.45. The van der Waals surface area contributed by atoms with E-state index >= 15 is 0 Å². The van der Waals surface area contributed by atoms with Crippen LogP contribution in [0.3, 0.4) is 0 Å². The molecule has 0 aromatic heterocycles. The van der Waals surface area contributed by atoms with Gasteiger partial charge in [0.25, 0.3) is 0 Å². The zero-order valence-corrected chi connectivity index (χ0v) is 46.4. The predicted molar refractivity (Wildman–Crippen MR) is 317 cm³/mol. The highest BCUT2D eigenvalue weighted by atomic mass is 16.7. The third-order valence-electron chi connectivity index (χ3n) is 15.6. The fourth-order valence-electron chi connectivity index (χ4n) is 10.0. The van der Waals surface area contributed by atoms with Gasteiger partial charge >= 0.3 is 23.9 Å². The molecule has 0 bridgehead atoms. The molecule has 6 atom stereocenters. The summed E-state index contributed by atoms with van der Waals surface area (Å²) in [6.45, 7) is 21.9. The number of rotatable bonds is 21. The van der Waals surface area contributed by atoms with Crippen molar-refractivity contribution in [1.29, 1.82) is 0 Å². The number of carboxylic acid groups (broad SMARTS) is 1. The van der Waals surface area contributed by atoms with Gasteiger partial charge in [0.15, 0.2) is 13.6 Å². The Morgan fingerprint density at radius 3 is 1.20 bits per heavy atom. The number of aromatic hydroxyl groups is 1. The van der Waals surface area contributed by atoms with Crippen LogP contribution in [0.2, 0.25) is 0 Å². The summed E-state index contributed by atoms with van der Waals surface area (Å²) in [5, 5.41) is 18.0. The first kappa shape index (κ1) is 71.1. The first-order valence-corrected chi connectivity index (χ1v) is 27.4. The number of ether oxygens (including phenoxy) is 9. The zero-order chi connectivity index (χ0) is 55.5. The van der Waals surface area contributed by atoms with E-state index < -0.39 is 11.9 Å². The number of hydrogen-bond acceptors (Lipinski definition) is 14. The SMILES string of the molecule is C.C.C.C.CC1CCC(C(C)C)C(OC(=O)c2ccc(O)cc2)C1.CCC1(COCOc2ccc(C(=O)O)cc2)COC1.CCC1(COCOc2ccc(C(=O)Oc3ccc(C(=O)OC4CC(C)CCC4C(C)C)cc3)cc2)COC1. The summed E-state index contributed by atoms with van der Waals surface area (Å²) in [6.07, 6.45) is 8.45. The lowest BCUT2D eigenvalue weighted by molar-refractivity contribution is -0.162. The largest absolute Gasteiger partial charge is 0.508 e. The maximum absolute atomic E-state index is 12.8. The van der Waals surface area contributed by atoms with Gasteiger partial charge in [-0.2, -0.15) is 0 Å². The van der Waals surface area contributed by atoms with Crippen molar-refractivity contribution in [2.45, 2.75) is 149 Å². The number of aromatic carboxylic acids is 1. The molecule has 2 saturated carbocycles. The topological polar surface area (TPSA) is 192 Å². The van der Waals surface area contributed by atoms with Crippen molar-refractivity contribution < 1.29 is 72.0 Å². The van der Waals surface area contributed by atoms with Gasteiger partial charge in [-0.25, -0.2) is 19.2 Å². The number of phenolic OH excluding ortho intramolecular Hbond substituents is 1. The second-order valence-corrected chi connectivity index (χ2v) is 22.3. The highest BCUT2D eigenvalue weighted by Gasteiger charge is 2.39. The molecule has 4 aromatic carbocycles. The molecule has 2 aliphatic carbocycles. The number of carboxylic acids is 1. The van der Waals surface area contributed by atoms with Crippen LogP contribution in [-0.2, 0) is 28.4 Å². The van der Waals surface area contributed by atoms with Crippen molar-refractivity contribution >= 4 is 23.9 Å². The highest BCUT2D eigenvalue weighted by Crippen LogP contribution is 2.38. The van der Waals surface area contributed by atoms with E-state index in [0.717, 1.165) is 65.0 Å². The molecule has 0 amide bonds. The molecule has 2 heterocycles. The summed E-state index contributed by atoms with van der Waals surface area (Å²) in [6, 6.07) is 25.7. The first-order valence-electron chi connectivity index (χ1n) is 27.4. The molecule has 8 rings (SSSR count). The minimum Gasteiger partial charge on any atom is -0.508 e. The van der Waals surface area contributed by atoms with E-state index in [4.69, 9.17) is 47.7 Å². The van der Waals surface area contributed by atoms with Gasteiger partial charge in [0.05, 0.1) is 61.9 Å². The third-order valence-corrected chi connectivity index (χ3v) is 15.6. The van der Waals surface area contributed by atoms with Crippen LogP contribution in [0.5, 0.6) is 23.0 Å². The Balaban J connectivity index is 0.000000443. The second-order valence-electron chi connectivity index (χ2n) is 22.3. The molecule has 2 aliphatic heterocycles. The van der Waals surface area contributed by atoms with Gasteiger partial charge < -0.3 is 52.8 Å². The van der Waals surface area contributed by atoms with Crippen molar-refractivity contribution in [3.05, 3.63) is 119 Å². The van der Waals surface area contributed by atoms with Crippen molar-refractivity contribution in [3.63, 3.8) is 0 Å². The predicted octanol–water partition coefficient (Wildman–Crippen LogP) is 15.0. The molecular formula is C66H98O15. The summed E-state index contributed by atoms with van der Waals surface area (Å²) >= 11 is 0. The summed E-state index contributed by atoms with van der Waals surface area (Å²) in [5.41, 5.74) is 1.85. The minimum absolute atomic E-state index is 0. The van der Waals surface area contributed by atoms with Gasteiger partial charge in [0, 0.05) is 10.8 Å². The number of hydrogen-bond donors (Lipinski definition) is 2. The maximum Gasteiger partial charge on any atom is 0.343 e. The van der Waals surface area contributed by atoms with Gasteiger partial charge in [-0.1, -0.05) is 97.9 Å². The van der Waals surface area contributed by atoms with E-state index in [0.29, 0.717) is 82.7 Å². The van der Waals surface area contributed by atoms with Crippen LogP contribution >= 0.6 is 0 Å². The summed E-state index contributed by atoms with van der Waals surface area (Å²) in [7, 11) is 0. The van der Waals surface area contributed by atoms with Crippen LogP contribution in [0.4, 0.5) is 0 Å². The average molecular weight is 1130 g/mol. The molecule has 15 nitrogen and oxygen atoms in total. The fourth-order valence-corrected chi connectivity index (χ4v) is 10.0. The van der Waals surface area contributed by atoms with Crippen LogP contribution in [0.15, 0.2) is 97.1 Å². The summed E-state index contributed by atoms with van der Waals surface area (Å²) in [4.78, 5) is 48.3. The van der Waals surface area contributed by atoms with Crippen LogP contribution in [0, 0.1) is 46.3 Å². The second kappa shape index (κ2) is 34.4.